The molecule has 0 fully saturated rings. The van der Waals surface area contributed by atoms with Gasteiger partial charge in [-0.3, -0.25) is 4.79 Å². The molecule has 0 aliphatic carbocycles. The summed E-state index contributed by atoms with van der Waals surface area (Å²) in [6, 6.07) is 3.88. The number of thioether (sulfide) groups is 1. The molecule has 0 unspecified atom stereocenters. The van der Waals surface area contributed by atoms with Gasteiger partial charge in [-0.25, -0.2) is 4.98 Å². The Morgan fingerprint density at radius 1 is 1.38 bits per heavy atom. The highest BCUT2D eigenvalue weighted by atomic mass is 35.5. The van der Waals surface area contributed by atoms with Crippen LogP contribution in [0, 0.1) is 0 Å². The Balaban J connectivity index is 1.54. The Kier molecular flexibility index (Phi) is 5.06. The Hall–Kier alpha value is -2.06. The molecule has 0 saturated heterocycles. The van der Waals surface area contributed by atoms with Gasteiger partial charge in [0.2, 0.25) is 5.91 Å². The van der Waals surface area contributed by atoms with Crippen LogP contribution in [0.3, 0.4) is 0 Å². The molecule has 24 heavy (non-hydrogen) atoms. The van der Waals surface area contributed by atoms with Crippen molar-refractivity contribution < 1.29 is 4.79 Å². The van der Waals surface area contributed by atoms with Crippen molar-refractivity contribution in [3.63, 3.8) is 0 Å². The summed E-state index contributed by atoms with van der Waals surface area (Å²) < 4.78 is 3.77. The Labute approximate surface area is 148 Å². The first-order valence-corrected chi connectivity index (χ1v) is 8.81. The fourth-order valence-corrected chi connectivity index (χ4v) is 3.20. The maximum absolute atomic E-state index is 12.0. The third kappa shape index (κ3) is 3.88. The number of pyridine rings is 1. The smallest absolute Gasteiger partial charge is 0.230 e. The highest BCUT2D eigenvalue weighted by Crippen LogP contribution is 2.18. The second-order valence-electron chi connectivity index (χ2n) is 5.52. The first kappa shape index (κ1) is 16.8. The minimum atomic E-state index is -0.0756. The molecule has 0 radical (unpaired) electrons. The van der Waals surface area contributed by atoms with Gasteiger partial charge in [-0.2, -0.15) is 0 Å². The monoisotopic (exact) mass is 364 g/mol. The molecule has 0 atom stereocenters. The average Bonchev–Trinajstić information content (AvgIpc) is 3.16. The van der Waals surface area contributed by atoms with Crippen molar-refractivity contribution in [3.8, 4) is 0 Å². The Bertz CT molecular complexity index is 859. The fourth-order valence-electron chi connectivity index (χ4n) is 2.16. The Morgan fingerprint density at radius 2 is 2.21 bits per heavy atom. The van der Waals surface area contributed by atoms with Crippen molar-refractivity contribution in [1.29, 1.82) is 0 Å². The van der Waals surface area contributed by atoms with Gasteiger partial charge in [0.15, 0.2) is 5.16 Å². The van der Waals surface area contributed by atoms with Crippen molar-refractivity contribution in [2.45, 2.75) is 31.6 Å². The minimum absolute atomic E-state index is 0.0756. The summed E-state index contributed by atoms with van der Waals surface area (Å²) in [7, 11) is 0. The molecule has 126 valence electrons. The lowest BCUT2D eigenvalue weighted by Gasteiger charge is -2.09. The number of halogens is 1. The maximum atomic E-state index is 12.0. The van der Waals surface area contributed by atoms with E-state index in [2.05, 4.69) is 20.5 Å². The summed E-state index contributed by atoms with van der Waals surface area (Å²) in [5, 5.41) is 12.2. The van der Waals surface area contributed by atoms with Crippen LogP contribution in [0.4, 0.5) is 0 Å². The lowest BCUT2D eigenvalue weighted by atomic mass is 10.4. The van der Waals surface area contributed by atoms with Gasteiger partial charge in [0.25, 0.3) is 0 Å². The van der Waals surface area contributed by atoms with E-state index in [1.54, 1.807) is 18.6 Å². The molecule has 3 aromatic heterocycles. The molecular weight excluding hydrogens is 348 g/mol. The summed E-state index contributed by atoms with van der Waals surface area (Å²) in [4.78, 5) is 16.4. The van der Waals surface area contributed by atoms with Crippen LogP contribution in [-0.4, -0.2) is 35.8 Å². The first-order chi connectivity index (χ1) is 11.5. The quantitative estimate of drug-likeness (QED) is 0.680. The first-order valence-electron chi connectivity index (χ1n) is 7.45. The van der Waals surface area contributed by atoms with Crippen molar-refractivity contribution in [2.75, 3.05) is 5.75 Å². The van der Waals surface area contributed by atoms with Crippen LogP contribution in [0.5, 0.6) is 0 Å². The zero-order valence-electron chi connectivity index (χ0n) is 13.3. The zero-order valence-corrected chi connectivity index (χ0v) is 14.9. The average molecular weight is 365 g/mol. The highest BCUT2D eigenvalue weighted by Gasteiger charge is 2.11. The van der Waals surface area contributed by atoms with Crippen LogP contribution < -0.4 is 5.32 Å². The standard InChI is InChI=1S/C15H17ClN6OS/c1-10(2)22-9-18-20-15(22)24-8-14(23)17-5-12-7-21-6-11(16)3-4-13(21)19-12/h3-4,6-7,9-10H,5,8H2,1-2H3,(H,17,23). The molecule has 0 bridgehead atoms. The van der Waals surface area contributed by atoms with E-state index in [0.717, 1.165) is 16.5 Å². The van der Waals surface area contributed by atoms with Gasteiger partial charge in [-0.1, -0.05) is 23.4 Å². The molecule has 3 rings (SSSR count). The van der Waals surface area contributed by atoms with Gasteiger partial charge in [-0.15, -0.1) is 10.2 Å². The predicted molar refractivity (Wildman–Crippen MR) is 93.2 cm³/mol. The minimum Gasteiger partial charge on any atom is -0.350 e. The molecule has 0 saturated carbocycles. The van der Waals surface area contributed by atoms with Crippen LogP contribution in [0.15, 0.2) is 36.0 Å². The van der Waals surface area contributed by atoms with Crippen molar-refractivity contribution in [1.82, 2.24) is 29.5 Å². The highest BCUT2D eigenvalue weighted by molar-refractivity contribution is 7.99. The molecule has 1 amide bonds. The SMILES string of the molecule is CC(C)n1cnnc1SCC(=O)NCc1cn2cc(Cl)ccc2n1. The van der Waals surface area contributed by atoms with E-state index >= 15 is 0 Å². The number of amides is 1. The lowest BCUT2D eigenvalue weighted by Crippen LogP contribution is -2.25. The van der Waals surface area contributed by atoms with E-state index in [1.165, 1.54) is 11.8 Å². The van der Waals surface area contributed by atoms with E-state index < -0.39 is 0 Å². The molecule has 0 aromatic carbocycles. The molecule has 7 nitrogen and oxygen atoms in total. The summed E-state index contributed by atoms with van der Waals surface area (Å²) in [6.45, 7) is 4.46. The number of fused-ring (bicyclic) bond motifs is 1. The van der Waals surface area contributed by atoms with E-state index in [0.29, 0.717) is 11.6 Å². The summed E-state index contributed by atoms with van der Waals surface area (Å²) >= 11 is 7.31. The number of hydrogen-bond acceptors (Lipinski definition) is 5. The van der Waals surface area contributed by atoms with Crippen LogP contribution in [0.1, 0.15) is 25.6 Å². The molecule has 0 spiro atoms. The largest absolute Gasteiger partial charge is 0.350 e. The van der Waals surface area contributed by atoms with E-state index in [4.69, 9.17) is 11.6 Å². The van der Waals surface area contributed by atoms with E-state index in [9.17, 15) is 4.79 Å². The Morgan fingerprint density at radius 3 is 3.00 bits per heavy atom. The maximum Gasteiger partial charge on any atom is 0.230 e. The topological polar surface area (TPSA) is 77.1 Å². The normalized spacial score (nSPS) is 11.3. The fraction of sp³-hybridized carbons (Fsp3) is 0.333. The number of rotatable bonds is 6. The van der Waals surface area contributed by atoms with E-state index in [1.807, 2.05) is 35.1 Å². The van der Waals surface area contributed by atoms with Crippen molar-refractivity contribution >= 4 is 34.9 Å². The predicted octanol–water partition coefficient (Wildman–Crippen LogP) is 2.57. The van der Waals surface area contributed by atoms with Crippen molar-refractivity contribution in [3.05, 3.63) is 41.6 Å². The number of carbonyl (C=O) groups excluding carboxylic acids is 1. The van der Waals surface area contributed by atoms with Crippen LogP contribution >= 0.6 is 23.4 Å². The van der Waals surface area contributed by atoms with Gasteiger partial charge < -0.3 is 14.3 Å². The number of aromatic nitrogens is 5. The van der Waals surface area contributed by atoms with Crippen molar-refractivity contribution in [2.24, 2.45) is 0 Å². The van der Waals surface area contributed by atoms with Crippen LogP contribution in [0.25, 0.3) is 5.65 Å². The summed E-state index contributed by atoms with van der Waals surface area (Å²) in [5.74, 6) is 0.207. The second kappa shape index (κ2) is 7.23. The van der Waals surface area contributed by atoms with Gasteiger partial charge in [0.05, 0.1) is 23.0 Å². The zero-order chi connectivity index (χ0) is 17.1. The summed E-state index contributed by atoms with van der Waals surface area (Å²) in [5.41, 5.74) is 1.57. The molecular formula is C15H17ClN6OS. The molecule has 0 aliphatic heterocycles. The number of imidazole rings is 1. The molecule has 9 heteroatoms. The van der Waals surface area contributed by atoms with E-state index in [-0.39, 0.29) is 17.7 Å². The third-order valence-electron chi connectivity index (χ3n) is 3.36. The molecule has 3 heterocycles. The van der Waals surface area contributed by atoms with Gasteiger partial charge in [-0.05, 0) is 26.0 Å². The lowest BCUT2D eigenvalue weighted by molar-refractivity contribution is -0.118. The number of hydrogen-bond donors (Lipinski definition) is 1. The molecule has 1 N–H and O–H groups in total. The summed E-state index contributed by atoms with van der Waals surface area (Å²) in [6.07, 6.45) is 5.31. The third-order valence-corrected chi connectivity index (χ3v) is 4.54. The van der Waals surface area contributed by atoms with Crippen LogP contribution in [0.2, 0.25) is 5.02 Å². The molecule has 0 aliphatic rings. The van der Waals surface area contributed by atoms with Crippen LogP contribution in [-0.2, 0) is 11.3 Å². The van der Waals surface area contributed by atoms with Gasteiger partial charge in [0.1, 0.15) is 12.0 Å². The number of nitrogens with zero attached hydrogens (tertiary/aromatic N) is 5. The second-order valence-corrected chi connectivity index (χ2v) is 6.90. The molecule has 3 aromatic rings. The van der Waals surface area contributed by atoms with Gasteiger partial charge >= 0.3 is 0 Å². The number of nitrogens with one attached hydrogen (secondary N) is 1. The number of carbonyl (C=O) groups is 1. The van der Waals surface area contributed by atoms with Gasteiger partial charge in [0, 0.05) is 18.4 Å².